The van der Waals surface area contributed by atoms with Crippen LogP contribution >= 0.6 is 0 Å². The topological polar surface area (TPSA) is 34.2 Å². The highest BCUT2D eigenvalue weighted by Gasteiger charge is 2.35. The zero-order valence-corrected chi connectivity index (χ0v) is 16.6. The van der Waals surface area contributed by atoms with Crippen molar-refractivity contribution in [3.8, 4) is 22.6 Å². The molecule has 3 heteroatoms. The Morgan fingerprint density at radius 2 is 1.64 bits per heavy atom. The number of rotatable bonds is 3. The molecule has 0 aliphatic heterocycles. The number of ether oxygens (including phenoxy) is 2. The van der Waals surface area contributed by atoms with E-state index in [1.54, 1.807) is 14.2 Å². The highest BCUT2D eigenvalue weighted by Crippen LogP contribution is 2.54. The molecule has 0 amide bonds. The Labute approximate surface area is 164 Å². The number of benzene rings is 3. The van der Waals surface area contributed by atoms with Gasteiger partial charge in [0.1, 0.15) is 11.5 Å². The molecule has 5 rings (SSSR count). The number of aromatic nitrogens is 1. The van der Waals surface area contributed by atoms with Crippen molar-refractivity contribution in [3.05, 3.63) is 82.5 Å². The van der Waals surface area contributed by atoms with Crippen LogP contribution in [0.2, 0.25) is 0 Å². The smallest absolute Gasteiger partial charge is 0.127 e. The van der Waals surface area contributed by atoms with Crippen LogP contribution < -0.4 is 9.47 Å². The van der Waals surface area contributed by atoms with Gasteiger partial charge in [0.2, 0.25) is 0 Å². The molecular formula is C25H23NO2. The van der Waals surface area contributed by atoms with Gasteiger partial charge in [-0.25, -0.2) is 0 Å². The van der Waals surface area contributed by atoms with Crippen molar-refractivity contribution in [1.82, 2.24) is 4.98 Å². The third-order valence-electron chi connectivity index (χ3n) is 5.90. The fraction of sp³-hybridized carbons (Fsp3) is 0.200. The van der Waals surface area contributed by atoms with Gasteiger partial charge in [-0.15, -0.1) is 0 Å². The van der Waals surface area contributed by atoms with E-state index in [2.05, 4.69) is 67.4 Å². The van der Waals surface area contributed by atoms with Gasteiger partial charge < -0.3 is 14.5 Å². The zero-order valence-electron chi connectivity index (χ0n) is 16.6. The summed E-state index contributed by atoms with van der Waals surface area (Å²) in [5.74, 6) is 1.82. The summed E-state index contributed by atoms with van der Waals surface area (Å²) < 4.78 is 11.4. The summed E-state index contributed by atoms with van der Waals surface area (Å²) >= 11 is 0. The van der Waals surface area contributed by atoms with Crippen molar-refractivity contribution in [2.75, 3.05) is 14.2 Å². The van der Waals surface area contributed by atoms with Gasteiger partial charge >= 0.3 is 0 Å². The maximum atomic E-state index is 5.84. The first-order valence-corrected chi connectivity index (χ1v) is 9.56. The molecule has 1 aromatic heterocycles. The Kier molecular flexibility index (Phi) is 3.73. The number of aromatic amines is 1. The lowest BCUT2D eigenvalue weighted by molar-refractivity contribution is 0.391. The van der Waals surface area contributed by atoms with E-state index in [4.69, 9.17) is 9.47 Å². The van der Waals surface area contributed by atoms with Gasteiger partial charge in [0.25, 0.3) is 0 Å². The summed E-state index contributed by atoms with van der Waals surface area (Å²) in [6.07, 6.45) is 0. The highest BCUT2D eigenvalue weighted by molar-refractivity contribution is 5.91. The van der Waals surface area contributed by atoms with Gasteiger partial charge in [0, 0.05) is 34.1 Å². The molecule has 0 spiro atoms. The van der Waals surface area contributed by atoms with Crippen LogP contribution in [0.1, 0.15) is 33.9 Å². The van der Waals surface area contributed by atoms with Crippen LogP contribution in [-0.2, 0) is 0 Å². The summed E-state index contributed by atoms with van der Waals surface area (Å²) in [4.78, 5) is 3.59. The first-order chi connectivity index (χ1) is 13.6. The molecule has 1 heterocycles. The molecule has 0 fully saturated rings. The molecule has 28 heavy (non-hydrogen) atoms. The summed E-state index contributed by atoms with van der Waals surface area (Å²) in [6.45, 7) is 4.31. The van der Waals surface area contributed by atoms with Crippen molar-refractivity contribution in [2.45, 2.75) is 19.8 Å². The molecule has 3 nitrogen and oxygen atoms in total. The van der Waals surface area contributed by atoms with E-state index >= 15 is 0 Å². The Balaban J connectivity index is 1.88. The molecule has 0 saturated carbocycles. The van der Waals surface area contributed by atoms with Crippen LogP contribution in [-0.4, -0.2) is 19.2 Å². The normalized spacial score (nSPS) is 14.8. The van der Waals surface area contributed by atoms with E-state index in [1.807, 2.05) is 6.07 Å². The maximum Gasteiger partial charge on any atom is 0.127 e. The van der Waals surface area contributed by atoms with Crippen molar-refractivity contribution >= 4 is 10.9 Å². The molecule has 0 radical (unpaired) electrons. The van der Waals surface area contributed by atoms with E-state index in [0.717, 1.165) is 11.5 Å². The van der Waals surface area contributed by atoms with Gasteiger partial charge in [-0.1, -0.05) is 35.9 Å². The first kappa shape index (κ1) is 16.9. The molecule has 3 aromatic carbocycles. The molecule has 4 aromatic rings. The lowest BCUT2D eigenvalue weighted by Crippen LogP contribution is -2.03. The monoisotopic (exact) mass is 369 g/mol. The average Bonchev–Trinajstić information content (AvgIpc) is 3.20. The van der Waals surface area contributed by atoms with Crippen LogP contribution in [0.5, 0.6) is 11.5 Å². The summed E-state index contributed by atoms with van der Waals surface area (Å²) in [5, 5.41) is 1.28. The Morgan fingerprint density at radius 3 is 2.43 bits per heavy atom. The Bertz CT molecular complexity index is 1220. The second-order valence-corrected chi connectivity index (χ2v) is 7.52. The molecule has 1 atom stereocenters. The molecule has 1 N–H and O–H groups in total. The zero-order chi connectivity index (χ0) is 19.4. The number of nitrogens with one attached hydrogen (secondary N) is 1. The first-order valence-electron chi connectivity index (χ1n) is 9.56. The van der Waals surface area contributed by atoms with E-state index in [0.29, 0.717) is 0 Å². The summed E-state index contributed by atoms with van der Waals surface area (Å²) in [6, 6.07) is 19.4. The molecule has 1 aliphatic rings. The number of aryl methyl sites for hydroxylation is 2. The van der Waals surface area contributed by atoms with Gasteiger partial charge in [0.05, 0.1) is 14.2 Å². The molecule has 140 valence electrons. The largest absolute Gasteiger partial charge is 0.497 e. The second kappa shape index (κ2) is 6.16. The SMILES string of the molecule is COc1cc(OC)c2c(c1)-c1ccccc1[C@H]2c1c(C)[nH]c2ccc(C)cc12. The van der Waals surface area contributed by atoms with Gasteiger partial charge in [-0.05, 0) is 54.3 Å². The van der Waals surface area contributed by atoms with E-state index < -0.39 is 0 Å². The molecule has 1 aliphatic carbocycles. The van der Waals surface area contributed by atoms with Crippen LogP contribution in [0, 0.1) is 13.8 Å². The number of methoxy groups -OCH3 is 2. The minimum Gasteiger partial charge on any atom is -0.497 e. The predicted octanol–water partition coefficient (Wildman–Crippen LogP) is 5.96. The van der Waals surface area contributed by atoms with Crippen molar-refractivity contribution in [2.24, 2.45) is 0 Å². The molecule has 0 saturated heterocycles. The molecule has 0 unspecified atom stereocenters. The lowest BCUT2D eigenvalue weighted by atomic mass is 9.86. The minimum atomic E-state index is 0.127. The van der Waals surface area contributed by atoms with E-state index in [-0.39, 0.29) is 5.92 Å². The number of hydrogen-bond acceptors (Lipinski definition) is 2. The lowest BCUT2D eigenvalue weighted by Gasteiger charge is -2.18. The Hall–Kier alpha value is -3.20. The van der Waals surface area contributed by atoms with E-state index in [1.165, 1.54) is 50.0 Å². The number of fused-ring (bicyclic) bond motifs is 4. The number of hydrogen-bond donors (Lipinski definition) is 1. The van der Waals surface area contributed by atoms with Crippen molar-refractivity contribution < 1.29 is 9.47 Å². The van der Waals surface area contributed by atoms with Crippen LogP contribution in [0.3, 0.4) is 0 Å². The molecule has 0 bridgehead atoms. The average molecular weight is 369 g/mol. The minimum absolute atomic E-state index is 0.127. The third-order valence-corrected chi connectivity index (χ3v) is 5.90. The van der Waals surface area contributed by atoms with Crippen LogP contribution in [0.15, 0.2) is 54.6 Å². The molecular weight excluding hydrogens is 346 g/mol. The van der Waals surface area contributed by atoms with Crippen LogP contribution in [0.25, 0.3) is 22.0 Å². The fourth-order valence-corrected chi connectivity index (χ4v) is 4.69. The van der Waals surface area contributed by atoms with Gasteiger partial charge in [-0.2, -0.15) is 0 Å². The standard InChI is InChI=1S/C25H23NO2/c1-14-9-10-21-20(11-14)23(15(2)26-21)25-18-8-6-5-7-17(18)19-12-16(27-3)13-22(28-4)24(19)25/h5-13,25-26H,1-4H3/t25-/m0/s1. The van der Waals surface area contributed by atoms with E-state index in [9.17, 15) is 0 Å². The Morgan fingerprint density at radius 1 is 0.821 bits per heavy atom. The summed E-state index contributed by atoms with van der Waals surface area (Å²) in [7, 11) is 3.44. The van der Waals surface area contributed by atoms with Crippen LogP contribution in [0.4, 0.5) is 0 Å². The van der Waals surface area contributed by atoms with Gasteiger partial charge in [-0.3, -0.25) is 0 Å². The second-order valence-electron chi connectivity index (χ2n) is 7.52. The highest BCUT2D eigenvalue weighted by atomic mass is 16.5. The van der Waals surface area contributed by atoms with Crippen molar-refractivity contribution in [1.29, 1.82) is 0 Å². The number of H-pyrrole nitrogens is 1. The quantitative estimate of drug-likeness (QED) is 0.426. The maximum absolute atomic E-state index is 5.84. The summed E-state index contributed by atoms with van der Waals surface area (Å²) in [5.41, 5.74) is 9.95. The fourth-order valence-electron chi connectivity index (χ4n) is 4.69. The third kappa shape index (κ3) is 2.29. The van der Waals surface area contributed by atoms with Gasteiger partial charge in [0.15, 0.2) is 0 Å². The van der Waals surface area contributed by atoms with Crippen molar-refractivity contribution in [3.63, 3.8) is 0 Å². The predicted molar refractivity (Wildman–Crippen MR) is 114 cm³/mol.